The Balaban J connectivity index is 2.23. The summed E-state index contributed by atoms with van der Waals surface area (Å²) in [6, 6.07) is 5.65. The van der Waals surface area contributed by atoms with Crippen molar-refractivity contribution in [2.24, 2.45) is 0 Å². The second-order valence-corrected chi connectivity index (χ2v) is 3.89. The van der Waals surface area contributed by atoms with Gasteiger partial charge < -0.3 is 4.74 Å². The first-order valence-corrected chi connectivity index (χ1v) is 5.69. The number of fused-ring (bicyclic) bond motifs is 1. The first-order chi connectivity index (χ1) is 7.79. The molecule has 0 spiro atoms. The van der Waals surface area contributed by atoms with Crippen molar-refractivity contribution < 1.29 is 9.53 Å². The highest BCUT2D eigenvalue weighted by Gasteiger charge is 1.97. The van der Waals surface area contributed by atoms with Gasteiger partial charge in [0.15, 0.2) is 0 Å². The third-order valence-electron chi connectivity index (χ3n) is 1.92. The zero-order chi connectivity index (χ0) is 11.4. The maximum absolute atomic E-state index is 11.0. The summed E-state index contributed by atoms with van der Waals surface area (Å²) in [5, 5.41) is 0. The number of ether oxygens (including phenoxy) is 1. The molecule has 0 unspecified atom stereocenters. The summed E-state index contributed by atoms with van der Waals surface area (Å²) in [6.45, 7) is 2.10. The Kier molecular flexibility index (Phi) is 3.18. The molecule has 0 bridgehead atoms. The van der Waals surface area contributed by atoms with Crippen molar-refractivity contribution in [2.45, 2.75) is 6.92 Å². The van der Waals surface area contributed by atoms with Gasteiger partial charge in [-0.05, 0) is 25.1 Å². The lowest BCUT2D eigenvalue weighted by Crippen LogP contribution is -1.99. The van der Waals surface area contributed by atoms with E-state index in [4.69, 9.17) is 4.74 Å². The quantitative estimate of drug-likeness (QED) is 0.558. The molecule has 0 N–H and O–H groups in total. The maximum Gasteiger partial charge on any atom is 0.384 e. The Morgan fingerprint density at radius 2 is 2.44 bits per heavy atom. The lowest BCUT2D eigenvalue weighted by molar-refractivity contribution is -0.136. The number of hydrogen-bond donors (Lipinski definition) is 0. The van der Waals surface area contributed by atoms with Crippen molar-refractivity contribution in [2.75, 3.05) is 6.61 Å². The number of esters is 1. The largest absolute Gasteiger partial charge is 0.456 e. The molecule has 0 saturated heterocycles. The summed E-state index contributed by atoms with van der Waals surface area (Å²) in [5.74, 6) is 4.70. The van der Waals surface area contributed by atoms with Gasteiger partial charge >= 0.3 is 5.97 Å². The molecule has 2 aromatic rings. The summed E-state index contributed by atoms with van der Waals surface area (Å²) >= 11 is 1.55. The maximum atomic E-state index is 11.0. The second kappa shape index (κ2) is 4.77. The zero-order valence-corrected chi connectivity index (χ0v) is 9.50. The topological polar surface area (TPSA) is 39.2 Å². The van der Waals surface area contributed by atoms with Crippen LogP contribution in [-0.4, -0.2) is 17.6 Å². The minimum absolute atomic E-state index is 0.349. The molecule has 0 amide bonds. The van der Waals surface area contributed by atoms with Gasteiger partial charge in [0.2, 0.25) is 0 Å². The summed E-state index contributed by atoms with van der Waals surface area (Å²) < 4.78 is 5.78. The van der Waals surface area contributed by atoms with Crippen molar-refractivity contribution >= 4 is 27.5 Å². The fraction of sp³-hybridized carbons (Fsp3) is 0.167. The van der Waals surface area contributed by atoms with Gasteiger partial charge in [0, 0.05) is 11.5 Å². The molecule has 0 aliphatic heterocycles. The minimum Gasteiger partial charge on any atom is -0.456 e. The highest BCUT2D eigenvalue weighted by atomic mass is 32.1. The van der Waals surface area contributed by atoms with E-state index in [2.05, 4.69) is 16.8 Å². The van der Waals surface area contributed by atoms with Crippen molar-refractivity contribution in [3.63, 3.8) is 0 Å². The van der Waals surface area contributed by atoms with E-state index < -0.39 is 5.97 Å². The SMILES string of the molecule is CCOC(=O)C#Cc1ccc2ncsc2c1. The minimum atomic E-state index is -0.494. The Morgan fingerprint density at radius 3 is 3.25 bits per heavy atom. The van der Waals surface area contributed by atoms with Gasteiger partial charge in [-0.3, -0.25) is 0 Å². The Bertz CT molecular complexity index is 577. The van der Waals surface area contributed by atoms with Crippen LogP contribution in [0.25, 0.3) is 10.2 Å². The Hall–Kier alpha value is -1.86. The average Bonchev–Trinajstić information content (AvgIpc) is 2.74. The van der Waals surface area contributed by atoms with Crippen molar-refractivity contribution in [3.8, 4) is 11.8 Å². The van der Waals surface area contributed by atoms with E-state index in [1.54, 1.807) is 23.8 Å². The predicted octanol–water partition coefficient (Wildman–Crippen LogP) is 2.21. The van der Waals surface area contributed by atoms with Crippen LogP contribution < -0.4 is 0 Å². The van der Waals surface area contributed by atoms with E-state index in [-0.39, 0.29) is 0 Å². The highest BCUT2D eigenvalue weighted by molar-refractivity contribution is 7.16. The fourth-order valence-electron chi connectivity index (χ4n) is 1.22. The second-order valence-electron chi connectivity index (χ2n) is 3.01. The van der Waals surface area contributed by atoms with Crippen LogP contribution in [0.2, 0.25) is 0 Å². The summed E-state index contributed by atoms with van der Waals surface area (Å²) in [4.78, 5) is 15.2. The molecule has 4 heteroatoms. The Labute approximate surface area is 97.1 Å². The standard InChI is InChI=1S/C12H9NO2S/c1-2-15-12(14)6-4-9-3-5-10-11(7-9)16-8-13-10/h3,5,7-8H,2H2,1H3. The third-order valence-corrected chi connectivity index (χ3v) is 2.71. The molecule has 1 aromatic carbocycles. The van der Waals surface area contributed by atoms with E-state index in [0.29, 0.717) is 6.61 Å². The number of rotatable bonds is 1. The van der Waals surface area contributed by atoms with E-state index in [1.807, 2.05) is 18.2 Å². The third kappa shape index (κ3) is 2.38. The molecular weight excluding hydrogens is 222 g/mol. The molecule has 2 rings (SSSR count). The molecule has 80 valence electrons. The number of nitrogens with zero attached hydrogens (tertiary/aromatic N) is 1. The van der Waals surface area contributed by atoms with Gasteiger partial charge in [0.25, 0.3) is 0 Å². The Morgan fingerprint density at radius 1 is 1.56 bits per heavy atom. The lowest BCUT2D eigenvalue weighted by Gasteiger charge is -1.92. The van der Waals surface area contributed by atoms with E-state index in [0.717, 1.165) is 15.8 Å². The smallest absolute Gasteiger partial charge is 0.384 e. The van der Waals surface area contributed by atoms with Crippen LogP contribution in [0, 0.1) is 11.8 Å². The van der Waals surface area contributed by atoms with Crippen LogP contribution in [0.5, 0.6) is 0 Å². The fourth-order valence-corrected chi connectivity index (χ4v) is 1.94. The molecule has 0 aliphatic carbocycles. The predicted molar refractivity (Wildman–Crippen MR) is 63.1 cm³/mol. The summed E-state index contributed by atoms with van der Waals surface area (Å²) in [7, 11) is 0. The lowest BCUT2D eigenvalue weighted by atomic mass is 10.2. The van der Waals surface area contributed by atoms with Gasteiger partial charge in [0.1, 0.15) is 0 Å². The molecular formula is C12H9NO2S. The number of carbonyl (C=O) groups is 1. The van der Waals surface area contributed by atoms with E-state index in [9.17, 15) is 4.79 Å². The highest BCUT2D eigenvalue weighted by Crippen LogP contribution is 2.18. The number of benzene rings is 1. The normalized spacial score (nSPS) is 9.56. The number of hydrogen-bond acceptors (Lipinski definition) is 4. The van der Waals surface area contributed by atoms with Crippen LogP contribution in [0.1, 0.15) is 12.5 Å². The van der Waals surface area contributed by atoms with Crippen molar-refractivity contribution in [3.05, 3.63) is 29.3 Å². The van der Waals surface area contributed by atoms with Gasteiger partial charge in [-0.2, -0.15) is 0 Å². The molecule has 0 radical (unpaired) electrons. The van der Waals surface area contributed by atoms with Crippen LogP contribution in [0.4, 0.5) is 0 Å². The van der Waals surface area contributed by atoms with Crippen molar-refractivity contribution in [1.82, 2.24) is 4.98 Å². The van der Waals surface area contributed by atoms with Gasteiger partial charge in [-0.1, -0.05) is 5.92 Å². The van der Waals surface area contributed by atoms with Gasteiger partial charge in [-0.15, -0.1) is 11.3 Å². The molecule has 0 aliphatic rings. The monoisotopic (exact) mass is 231 g/mol. The molecule has 1 heterocycles. The van der Waals surface area contributed by atoms with E-state index >= 15 is 0 Å². The summed E-state index contributed by atoms with van der Waals surface area (Å²) in [5.41, 5.74) is 3.53. The molecule has 0 atom stereocenters. The number of aromatic nitrogens is 1. The number of carbonyl (C=O) groups excluding carboxylic acids is 1. The van der Waals surface area contributed by atoms with Crippen LogP contribution >= 0.6 is 11.3 Å². The van der Waals surface area contributed by atoms with Crippen LogP contribution in [0.15, 0.2) is 23.7 Å². The van der Waals surface area contributed by atoms with E-state index in [1.165, 1.54) is 0 Å². The zero-order valence-electron chi connectivity index (χ0n) is 8.69. The first-order valence-electron chi connectivity index (χ1n) is 4.81. The molecule has 1 aromatic heterocycles. The van der Waals surface area contributed by atoms with Crippen LogP contribution in [0.3, 0.4) is 0 Å². The van der Waals surface area contributed by atoms with Crippen LogP contribution in [-0.2, 0) is 9.53 Å². The summed E-state index contributed by atoms with van der Waals surface area (Å²) in [6.07, 6.45) is 0. The molecule has 16 heavy (non-hydrogen) atoms. The van der Waals surface area contributed by atoms with Crippen molar-refractivity contribution in [1.29, 1.82) is 0 Å². The molecule has 3 nitrogen and oxygen atoms in total. The van der Waals surface area contributed by atoms with Gasteiger partial charge in [-0.25, -0.2) is 9.78 Å². The number of thiazole rings is 1. The molecule has 0 saturated carbocycles. The molecule has 0 fully saturated rings. The average molecular weight is 231 g/mol. The van der Waals surface area contributed by atoms with Gasteiger partial charge in [0.05, 0.1) is 22.3 Å². The first kappa shape index (κ1) is 10.7.